The maximum Gasteiger partial charge on any atom is 0.145 e. The van der Waals surface area contributed by atoms with E-state index in [4.69, 9.17) is 0 Å². The zero-order chi connectivity index (χ0) is 14.3. The first-order chi connectivity index (χ1) is 10.4. The van der Waals surface area contributed by atoms with Crippen molar-refractivity contribution in [1.82, 2.24) is 15.3 Å². The lowest BCUT2D eigenvalue weighted by Gasteiger charge is -2.22. The van der Waals surface area contributed by atoms with Crippen molar-refractivity contribution in [3.8, 4) is 0 Å². The van der Waals surface area contributed by atoms with Crippen LogP contribution in [0.3, 0.4) is 0 Å². The normalized spacial score (nSPS) is 16.2. The Labute approximate surface area is 126 Å². The van der Waals surface area contributed by atoms with E-state index in [-0.39, 0.29) is 0 Å². The molecule has 1 saturated carbocycles. The Balaban J connectivity index is 1.39. The van der Waals surface area contributed by atoms with Crippen molar-refractivity contribution in [2.75, 3.05) is 18.4 Å². The van der Waals surface area contributed by atoms with Crippen molar-refractivity contribution in [3.05, 3.63) is 30.5 Å². The van der Waals surface area contributed by atoms with Gasteiger partial charge in [-0.05, 0) is 37.9 Å². The summed E-state index contributed by atoms with van der Waals surface area (Å²) in [6, 6.07) is 8.72. The summed E-state index contributed by atoms with van der Waals surface area (Å²) in [7, 11) is 0. The van der Waals surface area contributed by atoms with Crippen LogP contribution in [0.4, 0.5) is 5.82 Å². The summed E-state index contributed by atoms with van der Waals surface area (Å²) < 4.78 is 0. The predicted octanol–water partition coefficient (Wildman–Crippen LogP) is 3.35. The molecule has 0 bridgehead atoms. The third-order valence-corrected chi connectivity index (χ3v) is 4.15. The molecule has 0 amide bonds. The minimum atomic E-state index is 0.749. The molecular formula is C17H24N4. The molecule has 112 valence electrons. The first-order valence-electron chi connectivity index (χ1n) is 8.11. The Kier molecular flexibility index (Phi) is 5.00. The molecule has 1 aliphatic carbocycles. The molecular weight excluding hydrogens is 260 g/mol. The van der Waals surface area contributed by atoms with Gasteiger partial charge in [0.1, 0.15) is 5.82 Å². The van der Waals surface area contributed by atoms with E-state index in [1.807, 2.05) is 30.5 Å². The van der Waals surface area contributed by atoms with Crippen LogP contribution in [0.5, 0.6) is 0 Å². The molecule has 0 atom stereocenters. The van der Waals surface area contributed by atoms with E-state index in [1.54, 1.807) is 0 Å². The van der Waals surface area contributed by atoms with Gasteiger partial charge in [0.15, 0.2) is 0 Å². The minimum absolute atomic E-state index is 0.749. The molecule has 0 spiro atoms. The number of aromatic nitrogens is 2. The second-order valence-corrected chi connectivity index (χ2v) is 5.81. The number of hydrogen-bond donors (Lipinski definition) is 2. The van der Waals surface area contributed by atoms with Crippen molar-refractivity contribution in [2.24, 2.45) is 0 Å². The molecule has 21 heavy (non-hydrogen) atoms. The highest BCUT2D eigenvalue weighted by atomic mass is 15.0. The molecule has 1 aromatic carbocycles. The summed E-state index contributed by atoms with van der Waals surface area (Å²) in [5, 5.41) is 7.02. The van der Waals surface area contributed by atoms with Gasteiger partial charge in [-0.3, -0.25) is 4.98 Å². The second-order valence-electron chi connectivity index (χ2n) is 5.81. The molecule has 4 heteroatoms. The Hall–Kier alpha value is -1.68. The van der Waals surface area contributed by atoms with Gasteiger partial charge in [0.05, 0.1) is 17.2 Å². The predicted molar refractivity (Wildman–Crippen MR) is 87.5 cm³/mol. The van der Waals surface area contributed by atoms with Crippen LogP contribution >= 0.6 is 0 Å². The van der Waals surface area contributed by atoms with Gasteiger partial charge in [0.2, 0.25) is 0 Å². The lowest BCUT2D eigenvalue weighted by Crippen LogP contribution is -2.32. The first kappa shape index (κ1) is 14.3. The zero-order valence-electron chi connectivity index (χ0n) is 12.5. The summed E-state index contributed by atoms with van der Waals surface area (Å²) in [6.07, 6.45) is 9.83. The fourth-order valence-electron chi connectivity index (χ4n) is 2.96. The van der Waals surface area contributed by atoms with Gasteiger partial charge in [-0.15, -0.1) is 0 Å². The maximum absolute atomic E-state index is 4.57. The average Bonchev–Trinajstić information content (AvgIpc) is 2.55. The highest BCUT2D eigenvalue weighted by Gasteiger charge is 2.11. The van der Waals surface area contributed by atoms with Crippen LogP contribution in [0.25, 0.3) is 11.0 Å². The topological polar surface area (TPSA) is 49.8 Å². The molecule has 0 saturated heterocycles. The van der Waals surface area contributed by atoms with Gasteiger partial charge in [0.25, 0.3) is 0 Å². The van der Waals surface area contributed by atoms with Crippen LogP contribution in [-0.2, 0) is 0 Å². The third kappa shape index (κ3) is 4.14. The van der Waals surface area contributed by atoms with Crippen molar-refractivity contribution in [2.45, 2.75) is 44.6 Å². The SMILES string of the molecule is c1ccc2nc(NCCCNC3CCCCC3)cnc2c1. The molecule has 1 fully saturated rings. The van der Waals surface area contributed by atoms with Gasteiger partial charge in [-0.1, -0.05) is 31.4 Å². The Bertz CT molecular complexity index is 563. The Morgan fingerprint density at radius 2 is 1.81 bits per heavy atom. The Morgan fingerprint density at radius 1 is 1.00 bits per heavy atom. The van der Waals surface area contributed by atoms with Crippen LogP contribution in [-0.4, -0.2) is 29.1 Å². The summed E-state index contributed by atoms with van der Waals surface area (Å²) in [4.78, 5) is 8.98. The molecule has 0 aliphatic heterocycles. The second kappa shape index (κ2) is 7.36. The monoisotopic (exact) mass is 284 g/mol. The van der Waals surface area contributed by atoms with E-state index in [2.05, 4.69) is 20.6 Å². The van der Waals surface area contributed by atoms with Crippen molar-refractivity contribution < 1.29 is 0 Å². The molecule has 0 unspecified atom stereocenters. The lowest BCUT2D eigenvalue weighted by molar-refractivity contribution is 0.373. The molecule has 2 N–H and O–H groups in total. The standard InChI is InChI=1S/C17H24N4/c1-2-7-14(8-3-1)18-11-6-12-19-17-13-20-15-9-4-5-10-16(15)21-17/h4-5,9-10,13-14,18H,1-3,6-8,11-12H2,(H,19,21). The van der Waals surface area contributed by atoms with E-state index in [9.17, 15) is 0 Å². The molecule has 0 radical (unpaired) electrons. The first-order valence-corrected chi connectivity index (χ1v) is 8.11. The molecule has 1 aliphatic rings. The van der Waals surface area contributed by atoms with Crippen molar-refractivity contribution in [1.29, 1.82) is 0 Å². The largest absolute Gasteiger partial charge is 0.369 e. The number of benzene rings is 1. The van der Waals surface area contributed by atoms with E-state index in [0.29, 0.717) is 0 Å². The van der Waals surface area contributed by atoms with Gasteiger partial charge in [-0.25, -0.2) is 4.98 Å². The van der Waals surface area contributed by atoms with E-state index < -0.39 is 0 Å². The number of fused-ring (bicyclic) bond motifs is 1. The van der Waals surface area contributed by atoms with Crippen LogP contribution in [0.15, 0.2) is 30.5 Å². The van der Waals surface area contributed by atoms with Gasteiger partial charge in [0, 0.05) is 12.6 Å². The van der Waals surface area contributed by atoms with Gasteiger partial charge >= 0.3 is 0 Å². The highest BCUT2D eigenvalue weighted by Crippen LogP contribution is 2.17. The van der Waals surface area contributed by atoms with Crippen LogP contribution in [0, 0.1) is 0 Å². The summed E-state index contributed by atoms with van der Waals surface area (Å²) in [5.74, 6) is 0.867. The van der Waals surface area contributed by atoms with E-state index >= 15 is 0 Å². The van der Waals surface area contributed by atoms with Crippen LogP contribution in [0.1, 0.15) is 38.5 Å². The zero-order valence-corrected chi connectivity index (χ0v) is 12.5. The Morgan fingerprint density at radius 3 is 2.67 bits per heavy atom. The number of anilines is 1. The molecule has 3 rings (SSSR count). The molecule has 2 aromatic rings. The minimum Gasteiger partial charge on any atom is -0.369 e. The summed E-state index contributed by atoms with van der Waals surface area (Å²) >= 11 is 0. The van der Waals surface area contributed by atoms with Crippen LogP contribution in [0.2, 0.25) is 0 Å². The van der Waals surface area contributed by atoms with E-state index in [0.717, 1.165) is 42.4 Å². The van der Waals surface area contributed by atoms with Gasteiger partial charge < -0.3 is 10.6 Å². The van der Waals surface area contributed by atoms with Crippen LogP contribution < -0.4 is 10.6 Å². The number of rotatable bonds is 6. The van der Waals surface area contributed by atoms with Gasteiger partial charge in [-0.2, -0.15) is 0 Å². The number of nitrogens with zero attached hydrogens (tertiary/aromatic N) is 2. The lowest BCUT2D eigenvalue weighted by atomic mass is 9.95. The maximum atomic E-state index is 4.57. The van der Waals surface area contributed by atoms with Crippen molar-refractivity contribution >= 4 is 16.9 Å². The molecule has 4 nitrogen and oxygen atoms in total. The molecule has 1 heterocycles. The fourth-order valence-corrected chi connectivity index (χ4v) is 2.96. The number of nitrogens with one attached hydrogen (secondary N) is 2. The number of para-hydroxylation sites is 2. The smallest absolute Gasteiger partial charge is 0.145 e. The van der Waals surface area contributed by atoms with E-state index in [1.165, 1.54) is 32.1 Å². The summed E-state index contributed by atoms with van der Waals surface area (Å²) in [6.45, 7) is 2.02. The quantitative estimate of drug-likeness (QED) is 0.799. The fraction of sp³-hybridized carbons (Fsp3) is 0.529. The highest BCUT2D eigenvalue weighted by molar-refractivity contribution is 5.75. The van der Waals surface area contributed by atoms with Crippen molar-refractivity contribution in [3.63, 3.8) is 0 Å². The number of hydrogen-bond acceptors (Lipinski definition) is 4. The third-order valence-electron chi connectivity index (χ3n) is 4.15. The summed E-state index contributed by atoms with van der Waals surface area (Å²) in [5.41, 5.74) is 1.89. The average molecular weight is 284 g/mol. The molecule has 1 aromatic heterocycles.